The zero-order chi connectivity index (χ0) is 31.6. The van der Waals surface area contributed by atoms with E-state index in [1.54, 1.807) is 13.3 Å². The van der Waals surface area contributed by atoms with Gasteiger partial charge in [0.1, 0.15) is 12.1 Å². The highest BCUT2D eigenvalue weighted by Gasteiger charge is 2.43. The van der Waals surface area contributed by atoms with Gasteiger partial charge in [0.05, 0.1) is 50.0 Å². The van der Waals surface area contributed by atoms with Gasteiger partial charge in [-0.15, -0.1) is 21.5 Å². The van der Waals surface area contributed by atoms with Crippen molar-refractivity contribution < 1.29 is 17.6 Å². The van der Waals surface area contributed by atoms with Crippen LogP contribution in [0.15, 0.2) is 40.0 Å². The van der Waals surface area contributed by atoms with Gasteiger partial charge in [-0.2, -0.15) is 0 Å². The van der Waals surface area contributed by atoms with Crippen LogP contribution in [0.3, 0.4) is 0 Å². The van der Waals surface area contributed by atoms with Crippen molar-refractivity contribution in [3.8, 4) is 21.9 Å². The Kier molecular flexibility index (Phi) is 7.37. The Morgan fingerprint density at radius 3 is 2.80 bits per heavy atom. The number of fused-ring (bicyclic) bond motifs is 3. The summed E-state index contributed by atoms with van der Waals surface area (Å²) in [6.07, 6.45) is 8.75. The molecule has 5 aromatic heterocycles. The van der Waals surface area contributed by atoms with Gasteiger partial charge in [0.25, 0.3) is 0 Å². The van der Waals surface area contributed by atoms with Gasteiger partial charge in [-0.25, -0.2) is 18.4 Å². The number of nitrogens with zero attached hydrogens (tertiary/aromatic N) is 6. The number of ether oxygens (including phenoxy) is 1. The minimum atomic E-state index is -3.68. The zero-order valence-electron chi connectivity index (χ0n) is 26.0. The van der Waals surface area contributed by atoms with E-state index in [0.29, 0.717) is 35.0 Å². The van der Waals surface area contributed by atoms with Crippen molar-refractivity contribution in [3.05, 3.63) is 59.3 Å². The number of aromatic nitrogens is 6. The molecule has 11 nitrogen and oxygen atoms in total. The van der Waals surface area contributed by atoms with Gasteiger partial charge in [0, 0.05) is 41.8 Å². The number of rotatable bonds is 8. The average molecular weight is 658 g/mol. The first-order chi connectivity index (χ1) is 22.3. The number of thiophene rings is 1. The molecule has 1 N–H and O–H groups in total. The van der Waals surface area contributed by atoms with Crippen molar-refractivity contribution in [2.45, 2.75) is 82.3 Å². The zero-order valence-corrected chi connectivity index (χ0v) is 27.6. The van der Waals surface area contributed by atoms with Gasteiger partial charge >= 0.3 is 0 Å². The third-order valence-electron chi connectivity index (χ3n) is 9.43. The van der Waals surface area contributed by atoms with Gasteiger partial charge < -0.3 is 14.5 Å². The van der Waals surface area contributed by atoms with Crippen molar-refractivity contribution in [2.75, 3.05) is 17.7 Å². The molecule has 0 radical (unpaired) electrons. The van der Waals surface area contributed by atoms with Crippen LogP contribution in [0.25, 0.3) is 32.1 Å². The number of pyridine rings is 2. The summed E-state index contributed by atoms with van der Waals surface area (Å²) in [6, 6.07) is 6.11. The van der Waals surface area contributed by atoms with Crippen LogP contribution in [0.5, 0.6) is 0 Å². The Morgan fingerprint density at radius 2 is 2.02 bits per heavy atom. The average Bonchev–Trinajstić information content (AvgIpc) is 3.87. The molecule has 2 aliphatic heterocycles. The van der Waals surface area contributed by atoms with E-state index in [1.807, 2.05) is 18.3 Å². The normalized spacial score (nSPS) is 21.7. The SMILES string of the molecule is Cc1nnc(-c2c(CCC3CCCO3)nc3c(c2-c2cc4ncnc(N[C@@H]5CCc6ncccc65)c4s2)S(=O)(=O)CC3C(C)C)o1. The summed E-state index contributed by atoms with van der Waals surface area (Å²) in [5, 5.41) is 12.2. The van der Waals surface area contributed by atoms with E-state index in [9.17, 15) is 8.42 Å². The molecule has 2 unspecified atom stereocenters. The van der Waals surface area contributed by atoms with E-state index < -0.39 is 9.84 Å². The first kappa shape index (κ1) is 29.6. The molecule has 1 fully saturated rings. The molecule has 0 saturated carbocycles. The van der Waals surface area contributed by atoms with Gasteiger partial charge in [-0.05, 0) is 62.1 Å². The second-order valence-electron chi connectivity index (χ2n) is 12.8. The monoisotopic (exact) mass is 657 g/mol. The number of anilines is 1. The molecule has 238 valence electrons. The van der Waals surface area contributed by atoms with Gasteiger partial charge in [-0.1, -0.05) is 19.9 Å². The van der Waals surface area contributed by atoms with Crippen LogP contribution in [0.4, 0.5) is 5.82 Å². The molecule has 0 aromatic carbocycles. The predicted octanol–water partition coefficient (Wildman–Crippen LogP) is 6.24. The Balaban J connectivity index is 1.32. The molecule has 1 saturated heterocycles. The smallest absolute Gasteiger partial charge is 0.250 e. The molecular weight excluding hydrogens is 623 g/mol. The van der Waals surface area contributed by atoms with Crippen LogP contribution >= 0.6 is 11.3 Å². The van der Waals surface area contributed by atoms with Gasteiger partial charge in [0.15, 0.2) is 9.84 Å². The minimum Gasteiger partial charge on any atom is -0.421 e. The maximum atomic E-state index is 14.1. The number of sulfone groups is 1. The van der Waals surface area contributed by atoms with Crippen LogP contribution < -0.4 is 5.32 Å². The van der Waals surface area contributed by atoms with Crippen molar-refractivity contribution >= 4 is 37.2 Å². The van der Waals surface area contributed by atoms with Crippen LogP contribution in [-0.2, 0) is 27.4 Å². The molecule has 3 atom stereocenters. The molecule has 0 spiro atoms. The summed E-state index contributed by atoms with van der Waals surface area (Å²) >= 11 is 1.48. The molecule has 13 heteroatoms. The fraction of sp³-hybridized carbons (Fsp3) is 0.455. The molecule has 3 aliphatic rings. The lowest BCUT2D eigenvalue weighted by molar-refractivity contribution is 0.104. The van der Waals surface area contributed by atoms with E-state index >= 15 is 0 Å². The lowest BCUT2D eigenvalue weighted by atomic mass is 9.90. The van der Waals surface area contributed by atoms with E-state index in [2.05, 4.69) is 50.4 Å². The summed E-state index contributed by atoms with van der Waals surface area (Å²) in [5.74, 6) is 1.27. The second kappa shape index (κ2) is 11.5. The van der Waals surface area contributed by atoms with E-state index in [0.717, 1.165) is 65.2 Å². The molecule has 0 bridgehead atoms. The van der Waals surface area contributed by atoms with Crippen LogP contribution in [0, 0.1) is 12.8 Å². The lowest BCUT2D eigenvalue weighted by Crippen LogP contribution is -2.12. The van der Waals surface area contributed by atoms with Crippen LogP contribution in [-0.4, -0.2) is 57.0 Å². The summed E-state index contributed by atoms with van der Waals surface area (Å²) in [6.45, 7) is 6.61. The number of hydrogen-bond donors (Lipinski definition) is 1. The third-order valence-corrected chi connectivity index (χ3v) is 12.4. The Morgan fingerprint density at radius 1 is 1.13 bits per heavy atom. The van der Waals surface area contributed by atoms with E-state index in [4.69, 9.17) is 14.1 Å². The third kappa shape index (κ3) is 5.08. The van der Waals surface area contributed by atoms with Crippen LogP contribution in [0.1, 0.15) is 80.0 Å². The minimum absolute atomic E-state index is 0.0180. The highest BCUT2D eigenvalue weighted by atomic mass is 32.2. The first-order valence-corrected chi connectivity index (χ1v) is 18.4. The number of aryl methyl sites for hydroxylation is 3. The Hall–Kier alpha value is -3.81. The molecule has 7 heterocycles. The quantitative estimate of drug-likeness (QED) is 0.202. The van der Waals surface area contributed by atoms with Crippen molar-refractivity contribution in [2.24, 2.45) is 5.92 Å². The highest BCUT2D eigenvalue weighted by molar-refractivity contribution is 7.92. The highest BCUT2D eigenvalue weighted by Crippen LogP contribution is 2.51. The fourth-order valence-electron chi connectivity index (χ4n) is 7.13. The predicted molar refractivity (Wildman–Crippen MR) is 175 cm³/mol. The summed E-state index contributed by atoms with van der Waals surface area (Å²) in [5.41, 5.74) is 5.55. The molecular formula is C33H35N7O4S2. The summed E-state index contributed by atoms with van der Waals surface area (Å²) < 4.78 is 41.0. The van der Waals surface area contributed by atoms with Crippen LogP contribution in [0.2, 0.25) is 0 Å². The molecule has 8 rings (SSSR count). The largest absolute Gasteiger partial charge is 0.421 e. The van der Waals surface area contributed by atoms with Gasteiger partial charge in [-0.3, -0.25) is 9.97 Å². The maximum absolute atomic E-state index is 14.1. The van der Waals surface area contributed by atoms with E-state index in [-0.39, 0.29) is 40.5 Å². The number of nitrogens with one attached hydrogen (secondary N) is 1. The van der Waals surface area contributed by atoms with Gasteiger partial charge in [0.2, 0.25) is 11.8 Å². The molecule has 0 amide bonds. The molecule has 5 aromatic rings. The van der Waals surface area contributed by atoms with Crippen molar-refractivity contribution in [3.63, 3.8) is 0 Å². The second-order valence-corrected chi connectivity index (χ2v) is 15.8. The Labute approximate surface area is 271 Å². The standard InChI is InChI=1S/C33H35N7O4S2/c1-17(2)21-15-46(41,42)31-28(27(33-40-39-18(3)44-33)24(37-29(21)31)9-8-19-6-5-13-43-19)26-14-25-30(45-26)32(36-16-35-25)38-23-11-10-22-20(23)7-4-12-34-22/h4,7,12,14,16-17,19,21,23H,5-6,8-11,13,15H2,1-3H3,(H,35,36,38)/t19?,21?,23-/m1/s1. The summed E-state index contributed by atoms with van der Waals surface area (Å²) in [4.78, 5) is 20.0. The van der Waals surface area contributed by atoms with Crippen molar-refractivity contribution in [1.82, 2.24) is 30.1 Å². The summed E-state index contributed by atoms with van der Waals surface area (Å²) in [7, 11) is -3.68. The lowest BCUT2D eigenvalue weighted by Gasteiger charge is -2.19. The molecule has 1 aliphatic carbocycles. The topological polar surface area (TPSA) is 146 Å². The number of hydrogen-bond acceptors (Lipinski definition) is 12. The maximum Gasteiger partial charge on any atom is 0.250 e. The molecule has 46 heavy (non-hydrogen) atoms. The van der Waals surface area contributed by atoms with Crippen molar-refractivity contribution in [1.29, 1.82) is 0 Å². The Bertz CT molecular complexity index is 2070. The fourth-order valence-corrected chi connectivity index (χ4v) is 10.5. The van der Waals surface area contributed by atoms with E-state index in [1.165, 1.54) is 16.9 Å². The first-order valence-electron chi connectivity index (χ1n) is 15.9.